The van der Waals surface area contributed by atoms with Crippen LogP contribution < -0.4 is 0 Å². The highest BCUT2D eigenvalue weighted by atomic mass is 16.5. The minimum atomic E-state index is 0.0999. The molecule has 118 valence electrons. The molecular formula is C18H24N2O2. The van der Waals surface area contributed by atoms with Crippen LogP contribution in [-0.4, -0.2) is 35.5 Å². The topological polar surface area (TPSA) is 46.3 Å². The van der Waals surface area contributed by atoms with Crippen molar-refractivity contribution in [1.29, 1.82) is 0 Å². The average molecular weight is 300 g/mol. The molecule has 0 spiro atoms. The molecule has 22 heavy (non-hydrogen) atoms. The van der Waals surface area contributed by atoms with Crippen LogP contribution in [0.2, 0.25) is 0 Å². The summed E-state index contributed by atoms with van der Waals surface area (Å²) in [7, 11) is 0. The van der Waals surface area contributed by atoms with Gasteiger partial charge >= 0.3 is 0 Å². The molecule has 0 aliphatic carbocycles. The summed E-state index contributed by atoms with van der Waals surface area (Å²) in [5.41, 5.74) is 1.18. The van der Waals surface area contributed by atoms with Gasteiger partial charge in [-0.25, -0.2) is 0 Å². The highest BCUT2D eigenvalue weighted by Crippen LogP contribution is 2.20. The third-order valence-electron chi connectivity index (χ3n) is 4.47. The molecule has 4 heteroatoms. The smallest absolute Gasteiger partial charge is 0.185 e. The van der Waals surface area contributed by atoms with E-state index in [0.717, 1.165) is 18.2 Å². The summed E-state index contributed by atoms with van der Waals surface area (Å²) in [6.45, 7) is 3.69. The predicted molar refractivity (Wildman–Crippen MR) is 87.1 cm³/mol. The fourth-order valence-electron chi connectivity index (χ4n) is 3.19. The zero-order valence-electron chi connectivity index (χ0n) is 13.1. The molecule has 1 aliphatic heterocycles. The zero-order chi connectivity index (χ0) is 15.2. The number of fused-ring (bicyclic) bond motifs is 1. The number of unbranched alkanes of at least 4 members (excludes halogenated alkanes) is 2. The highest BCUT2D eigenvalue weighted by molar-refractivity contribution is 6.05. The predicted octanol–water partition coefficient (Wildman–Crippen LogP) is 4.06. The van der Waals surface area contributed by atoms with Crippen LogP contribution >= 0.6 is 0 Å². The molecule has 0 N–H and O–H groups in total. The van der Waals surface area contributed by atoms with Crippen LogP contribution in [0.1, 0.15) is 55.4 Å². The Bertz CT molecular complexity index is 614. The lowest BCUT2D eigenvalue weighted by molar-refractivity contribution is 0.0971. The summed E-state index contributed by atoms with van der Waals surface area (Å²) >= 11 is 0. The third-order valence-corrected chi connectivity index (χ3v) is 4.47. The van der Waals surface area contributed by atoms with Crippen molar-refractivity contribution in [1.82, 2.24) is 10.1 Å². The van der Waals surface area contributed by atoms with Crippen LogP contribution in [0.3, 0.4) is 0 Å². The standard InChI is InChI=1S/C18H24N2O2/c21-16(18-15-9-4-5-11-17(15)22-19-18)10-3-1-6-12-20-13-7-2-8-14-20/h4-5,9,11H,1-3,6-8,10,12-14H2. The van der Waals surface area contributed by atoms with Gasteiger partial charge in [-0.05, 0) is 57.5 Å². The summed E-state index contributed by atoms with van der Waals surface area (Å²) in [6.07, 6.45) is 7.88. The molecule has 4 nitrogen and oxygen atoms in total. The van der Waals surface area contributed by atoms with Crippen molar-refractivity contribution < 1.29 is 9.32 Å². The molecule has 0 amide bonds. The number of carbonyl (C=O) groups is 1. The lowest BCUT2D eigenvalue weighted by Crippen LogP contribution is -2.30. The number of rotatable bonds is 7. The number of hydrogen-bond acceptors (Lipinski definition) is 4. The van der Waals surface area contributed by atoms with Crippen molar-refractivity contribution >= 4 is 16.8 Å². The van der Waals surface area contributed by atoms with Gasteiger partial charge in [-0.3, -0.25) is 4.79 Å². The SMILES string of the molecule is O=C(CCCCCN1CCCCC1)c1noc2ccccc12. The Hall–Kier alpha value is -1.68. The monoisotopic (exact) mass is 300 g/mol. The minimum absolute atomic E-state index is 0.0999. The Balaban J connectivity index is 1.41. The number of aromatic nitrogens is 1. The van der Waals surface area contributed by atoms with Crippen molar-refractivity contribution in [3.63, 3.8) is 0 Å². The van der Waals surface area contributed by atoms with Gasteiger partial charge in [0.2, 0.25) is 0 Å². The maximum Gasteiger partial charge on any atom is 0.185 e. The Morgan fingerprint density at radius 2 is 1.91 bits per heavy atom. The van der Waals surface area contributed by atoms with E-state index in [4.69, 9.17) is 4.52 Å². The molecule has 2 aromatic rings. The van der Waals surface area contributed by atoms with Crippen LogP contribution in [0, 0.1) is 0 Å². The van der Waals surface area contributed by atoms with Gasteiger partial charge in [0.25, 0.3) is 0 Å². The van der Waals surface area contributed by atoms with Crippen molar-refractivity contribution in [2.45, 2.75) is 44.9 Å². The molecule has 0 saturated carbocycles. The summed E-state index contributed by atoms with van der Waals surface area (Å²) < 4.78 is 5.20. The fourth-order valence-corrected chi connectivity index (χ4v) is 3.19. The van der Waals surface area contributed by atoms with Gasteiger partial charge in [-0.1, -0.05) is 30.1 Å². The molecular weight excluding hydrogens is 276 g/mol. The fraction of sp³-hybridized carbons (Fsp3) is 0.556. The number of benzene rings is 1. The second-order valence-corrected chi connectivity index (χ2v) is 6.16. The second kappa shape index (κ2) is 7.54. The van der Waals surface area contributed by atoms with Crippen molar-refractivity contribution in [3.05, 3.63) is 30.0 Å². The van der Waals surface area contributed by atoms with E-state index < -0.39 is 0 Å². The van der Waals surface area contributed by atoms with Crippen LogP contribution in [-0.2, 0) is 0 Å². The summed E-state index contributed by atoms with van der Waals surface area (Å²) in [4.78, 5) is 14.8. The van der Waals surface area contributed by atoms with Gasteiger partial charge in [0.05, 0.1) is 5.39 Å². The largest absolute Gasteiger partial charge is 0.356 e. The molecule has 2 heterocycles. The number of piperidine rings is 1. The highest BCUT2D eigenvalue weighted by Gasteiger charge is 2.15. The normalized spacial score (nSPS) is 16.2. The van der Waals surface area contributed by atoms with Crippen molar-refractivity contribution in [3.8, 4) is 0 Å². The number of nitrogens with zero attached hydrogens (tertiary/aromatic N) is 2. The van der Waals surface area contributed by atoms with Crippen LogP contribution in [0.4, 0.5) is 0 Å². The van der Waals surface area contributed by atoms with Crippen molar-refractivity contribution in [2.24, 2.45) is 0 Å². The maximum absolute atomic E-state index is 12.3. The molecule has 1 aliphatic rings. The number of carbonyl (C=O) groups excluding carboxylic acids is 1. The molecule has 0 unspecified atom stereocenters. The summed E-state index contributed by atoms with van der Waals surface area (Å²) in [5, 5.41) is 4.77. The Morgan fingerprint density at radius 3 is 2.77 bits per heavy atom. The van der Waals surface area contributed by atoms with E-state index in [9.17, 15) is 4.79 Å². The summed E-state index contributed by atoms with van der Waals surface area (Å²) in [5.74, 6) is 0.0999. The average Bonchev–Trinajstić information content (AvgIpc) is 2.99. The van der Waals surface area contributed by atoms with Crippen LogP contribution in [0.5, 0.6) is 0 Å². The number of ketones is 1. The van der Waals surface area contributed by atoms with Gasteiger partial charge in [0.1, 0.15) is 0 Å². The van der Waals surface area contributed by atoms with Gasteiger partial charge in [-0.2, -0.15) is 0 Å². The lowest BCUT2D eigenvalue weighted by atomic mass is 10.1. The van der Waals surface area contributed by atoms with E-state index in [0.29, 0.717) is 17.7 Å². The van der Waals surface area contributed by atoms with E-state index in [1.807, 2.05) is 24.3 Å². The van der Waals surface area contributed by atoms with E-state index >= 15 is 0 Å². The Kier molecular flexibility index (Phi) is 5.22. The Labute approximate surface area is 131 Å². The third kappa shape index (κ3) is 3.74. The quantitative estimate of drug-likeness (QED) is 0.571. The molecule has 1 aromatic carbocycles. The van der Waals surface area contributed by atoms with E-state index in [1.165, 1.54) is 45.3 Å². The minimum Gasteiger partial charge on any atom is -0.356 e. The van der Waals surface area contributed by atoms with E-state index in [-0.39, 0.29) is 5.78 Å². The first-order valence-electron chi connectivity index (χ1n) is 8.44. The first-order valence-corrected chi connectivity index (χ1v) is 8.44. The van der Waals surface area contributed by atoms with Crippen LogP contribution in [0.25, 0.3) is 11.0 Å². The molecule has 0 radical (unpaired) electrons. The second-order valence-electron chi connectivity index (χ2n) is 6.16. The van der Waals surface area contributed by atoms with E-state index in [1.54, 1.807) is 0 Å². The molecule has 1 fully saturated rings. The number of likely N-dealkylation sites (tertiary alicyclic amines) is 1. The maximum atomic E-state index is 12.3. The lowest BCUT2D eigenvalue weighted by Gasteiger charge is -2.26. The van der Waals surface area contributed by atoms with Gasteiger partial charge < -0.3 is 9.42 Å². The number of Topliss-reactive ketones (excluding diaryl/α,β-unsaturated/α-hetero) is 1. The molecule has 1 saturated heterocycles. The van der Waals surface area contributed by atoms with Gasteiger partial charge in [0.15, 0.2) is 17.1 Å². The molecule has 3 rings (SSSR count). The molecule has 0 atom stereocenters. The molecule has 1 aromatic heterocycles. The van der Waals surface area contributed by atoms with Gasteiger partial charge in [0, 0.05) is 6.42 Å². The first kappa shape index (κ1) is 15.2. The number of para-hydroxylation sites is 1. The van der Waals surface area contributed by atoms with Crippen molar-refractivity contribution in [2.75, 3.05) is 19.6 Å². The first-order chi connectivity index (χ1) is 10.8. The zero-order valence-corrected chi connectivity index (χ0v) is 13.1. The van der Waals surface area contributed by atoms with Gasteiger partial charge in [-0.15, -0.1) is 0 Å². The number of hydrogen-bond donors (Lipinski definition) is 0. The van der Waals surface area contributed by atoms with Crippen LogP contribution in [0.15, 0.2) is 28.8 Å². The summed E-state index contributed by atoms with van der Waals surface area (Å²) in [6, 6.07) is 7.55. The molecule has 0 bridgehead atoms. The Morgan fingerprint density at radius 1 is 1.09 bits per heavy atom. The van der Waals surface area contributed by atoms with E-state index in [2.05, 4.69) is 10.1 Å².